The first-order valence-corrected chi connectivity index (χ1v) is 9.64. The Balaban J connectivity index is 1.60. The maximum Gasteiger partial charge on any atom is 0.273 e. The zero-order valence-electron chi connectivity index (χ0n) is 16.6. The van der Waals surface area contributed by atoms with Crippen molar-refractivity contribution in [3.63, 3.8) is 0 Å². The van der Waals surface area contributed by atoms with Crippen LogP contribution >= 0.6 is 0 Å². The lowest BCUT2D eigenvalue weighted by molar-refractivity contribution is 0.0782. The quantitative estimate of drug-likeness (QED) is 0.630. The number of aromatic nitrogens is 3. The minimum atomic E-state index is -1.01. The summed E-state index contributed by atoms with van der Waals surface area (Å²) in [5.41, 5.74) is 5.71. The van der Waals surface area contributed by atoms with Gasteiger partial charge in [-0.2, -0.15) is 5.26 Å². The first kappa shape index (κ1) is 20.9. The Morgan fingerprint density at radius 2 is 1.94 bits per heavy atom. The van der Waals surface area contributed by atoms with Gasteiger partial charge in [0.2, 0.25) is 0 Å². The first-order chi connectivity index (χ1) is 15.4. The van der Waals surface area contributed by atoms with Gasteiger partial charge in [0.25, 0.3) is 11.8 Å². The summed E-state index contributed by atoms with van der Waals surface area (Å²) in [6.45, 7) is 0.441. The number of benzene rings is 2. The number of para-hydroxylation sites is 1. The molecule has 3 N–H and O–H groups in total. The number of primary amides is 1. The monoisotopic (exact) mass is 437 g/mol. The Morgan fingerprint density at radius 1 is 1.19 bits per heavy atom. The summed E-state index contributed by atoms with van der Waals surface area (Å²) in [5, 5.41) is 20.1. The third-order valence-electron chi connectivity index (χ3n) is 4.97. The smallest absolute Gasteiger partial charge is 0.273 e. The molecule has 1 saturated heterocycles. The summed E-state index contributed by atoms with van der Waals surface area (Å²) in [5.74, 6) is -1.98. The van der Waals surface area contributed by atoms with E-state index >= 15 is 0 Å². The van der Waals surface area contributed by atoms with Gasteiger partial charge in [-0.05, 0) is 42.8 Å². The zero-order valence-corrected chi connectivity index (χ0v) is 16.6. The third-order valence-corrected chi connectivity index (χ3v) is 4.97. The van der Waals surface area contributed by atoms with Crippen LogP contribution in [-0.4, -0.2) is 51.0 Å². The number of halogens is 2. The van der Waals surface area contributed by atoms with Gasteiger partial charge >= 0.3 is 0 Å². The van der Waals surface area contributed by atoms with Gasteiger partial charge in [-0.3, -0.25) is 9.59 Å². The molecule has 32 heavy (non-hydrogen) atoms. The van der Waals surface area contributed by atoms with Crippen LogP contribution in [0, 0.1) is 17.1 Å². The molecular weight excluding hydrogens is 420 g/mol. The zero-order chi connectivity index (χ0) is 22.8. The number of likely N-dealkylation sites (tertiary alicyclic amines) is 1. The number of nitrogens with one attached hydrogen (secondary N) is 1. The highest BCUT2D eigenvalue weighted by Crippen LogP contribution is 2.23. The molecule has 162 valence electrons. The van der Waals surface area contributed by atoms with Crippen molar-refractivity contribution >= 4 is 23.3 Å². The topological polar surface area (TPSA) is 130 Å². The van der Waals surface area contributed by atoms with Crippen molar-refractivity contribution in [3.8, 4) is 11.8 Å². The van der Waals surface area contributed by atoms with Crippen molar-refractivity contribution in [1.82, 2.24) is 19.9 Å². The molecule has 1 aromatic heterocycles. The van der Waals surface area contributed by atoms with Crippen molar-refractivity contribution in [1.29, 1.82) is 5.26 Å². The fraction of sp³-hybridized carbons (Fsp3) is 0.190. The molecule has 1 atom stereocenters. The molecular formula is C21H17F2N7O2. The summed E-state index contributed by atoms with van der Waals surface area (Å²) in [7, 11) is 0. The number of nitrogens with zero attached hydrogens (tertiary/aromatic N) is 5. The van der Waals surface area contributed by atoms with Crippen molar-refractivity contribution in [3.05, 3.63) is 65.1 Å². The second kappa shape index (κ2) is 8.43. The lowest BCUT2D eigenvalue weighted by atomic mass is 10.2. The number of hydrogen-bond donors (Lipinski definition) is 2. The van der Waals surface area contributed by atoms with Gasteiger partial charge < -0.3 is 16.0 Å². The van der Waals surface area contributed by atoms with Gasteiger partial charge in [-0.15, -0.1) is 15.0 Å². The first-order valence-electron chi connectivity index (χ1n) is 9.64. The highest BCUT2D eigenvalue weighted by Gasteiger charge is 2.26. The number of amides is 2. The second-order valence-corrected chi connectivity index (χ2v) is 7.14. The van der Waals surface area contributed by atoms with E-state index in [1.807, 2.05) is 6.07 Å². The van der Waals surface area contributed by atoms with E-state index in [0.717, 1.165) is 10.9 Å². The maximum absolute atomic E-state index is 14.3. The average Bonchev–Trinajstić information content (AvgIpc) is 3.40. The number of carbonyl (C=O) groups is 2. The van der Waals surface area contributed by atoms with Crippen LogP contribution < -0.4 is 11.1 Å². The van der Waals surface area contributed by atoms with Crippen LogP contribution in [0.5, 0.6) is 0 Å². The Morgan fingerprint density at radius 3 is 2.56 bits per heavy atom. The van der Waals surface area contributed by atoms with Crippen LogP contribution in [0.2, 0.25) is 0 Å². The Hall–Kier alpha value is -4.33. The molecule has 0 radical (unpaired) electrons. The van der Waals surface area contributed by atoms with E-state index in [-0.39, 0.29) is 35.2 Å². The molecule has 0 aliphatic carbocycles. The molecule has 0 saturated carbocycles. The predicted octanol–water partition coefficient (Wildman–Crippen LogP) is 2.30. The molecule has 4 rings (SSSR count). The molecule has 3 aromatic rings. The third kappa shape index (κ3) is 3.98. The van der Waals surface area contributed by atoms with Gasteiger partial charge in [0.15, 0.2) is 17.3 Å². The summed E-state index contributed by atoms with van der Waals surface area (Å²) in [4.78, 5) is 26.6. The van der Waals surface area contributed by atoms with Crippen LogP contribution in [0.1, 0.15) is 32.8 Å². The number of nitriles is 1. The predicted molar refractivity (Wildman–Crippen MR) is 110 cm³/mol. The molecule has 9 nitrogen and oxygen atoms in total. The molecule has 0 spiro atoms. The number of carbonyl (C=O) groups excluding carboxylic acids is 2. The van der Waals surface area contributed by atoms with Gasteiger partial charge in [0, 0.05) is 17.8 Å². The number of hydrogen-bond acceptors (Lipinski definition) is 6. The Bertz CT molecular complexity index is 1230. The summed E-state index contributed by atoms with van der Waals surface area (Å²) in [6, 6.07) is 12.0. The van der Waals surface area contributed by atoms with E-state index in [4.69, 9.17) is 5.73 Å². The summed E-state index contributed by atoms with van der Waals surface area (Å²) >= 11 is 0. The van der Waals surface area contributed by atoms with E-state index in [1.54, 1.807) is 24.3 Å². The van der Waals surface area contributed by atoms with Crippen LogP contribution in [0.15, 0.2) is 42.5 Å². The van der Waals surface area contributed by atoms with E-state index in [0.29, 0.717) is 24.2 Å². The number of anilines is 2. The normalized spacial score (nSPS) is 15.4. The molecule has 1 aliphatic heterocycles. The fourth-order valence-corrected chi connectivity index (χ4v) is 3.38. The molecule has 0 unspecified atom stereocenters. The summed E-state index contributed by atoms with van der Waals surface area (Å²) < 4.78 is 27.7. The van der Waals surface area contributed by atoms with E-state index < -0.39 is 17.9 Å². The molecule has 2 heterocycles. The number of nitrogens with two attached hydrogens (primary N) is 1. The molecule has 2 amide bonds. The SMILES string of the molecule is N#Cc1cccc(F)c1-n1nc(Nc2ccc(C(=O)N3CC[C@@H](F)C3)cc2)c(C(N)=O)n1. The van der Waals surface area contributed by atoms with Crippen molar-refractivity contribution in [2.24, 2.45) is 5.73 Å². The molecule has 1 aliphatic rings. The van der Waals surface area contributed by atoms with Crippen LogP contribution in [0.4, 0.5) is 20.3 Å². The van der Waals surface area contributed by atoms with Crippen LogP contribution in [0.3, 0.4) is 0 Å². The molecule has 2 aromatic carbocycles. The standard InChI is InChI=1S/C21H17F2N7O2/c22-14-8-9-29(11-14)21(32)12-4-6-15(7-5-12)26-20-17(19(25)31)27-30(28-20)18-13(10-24)2-1-3-16(18)23/h1-7,14H,8-9,11H2,(H2,25,31)(H,26,28)/t14-/m1/s1. The van der Waals surface area contributed by atoms with Crippen molar-refractivity contribution in [2.75, 3.05) is 18.4 Å². The highest BCUT2D eigenvalue weighted by atomic mass is 19.1. The minimum Gasteiger partial charge on any atom is -0.364 e. The van der Waals surface area contributed by atoms with E-state index in [2.05, 4.69) is 15.5 Å². The molecule has 1 fully saturated rings. The minimum absolute atomic E-state index is 0.0251. The van der Waals surface area contributed by atoms with Crippen LogP contribution in [0.25, 0.3) is 5.69 Å². The van der Waals surface area contributed by atoms with Gasteiger partial charge in [0.05, 0.1) is 12.1 Å². The lowest BCUT2D eigenvalue weighted by Crippen LogP contribution is -2.28. The molecule has 0 bridgehead atoms. The van der Waals surface area contributed by atoms with Gasteiger partial charge in [-0.25, -0.2) is 8.78 Å². The number of alkyl halides is 1. The highest BCUT2D eigenvalue weighted by molar-refractivity contribution is 5.97. The molecule has 11 heteroatoms. The maximum atomic E-state index is 14.3. The Kier molecular flexibility index (Phi) is 5.51. The van der Waals surface area contributed by atoms with Gasteiger partial charge in [-0.1, -0.05) is 6.07 Å². The van der Waals surface area contributed by atoms with Crippen molar-refractivity contribution in [2.45, 2.75) is 12.6 Å². The van der Waals surface area contributed by atoms with Gasteiger partial charge in [0.1, 0.15) is 17.9 Å². The Labute approximate surface area is 181 Å². The van der Waals surface area contributed by atoms with Crippen LogP contribution in [-0.2, 0) is 0 Å². The van der Waals surface area contributed by atoms with Crippen molar-refractivity contribution < 1.29 is 18.4 Å². The largest absolute Gasteiger partial charge is 0.364 e. The fourth-order valence-electron chi connectivity index (χ4n) is 3.38. The average molecular weight is 437 g/mol. The van der Waals surface area contributed by atoms with E-state index in [9.17, 15) is 23.6 Å². The second-order valence-electron chi connectivity index (χ2n) is 7.14. The number of rotatable bonds is 5. The summed E-state index contributed by atoms with van der Waals surface area (Å²) in [6.07, 6.45) is -0.683. The lowest BCUT2D eigenvalue weighted by Gasteiger charge is -2.15. The van der Waals surface area contributed by atoms with E-state index in [1.165, 1.54) is 17.0 Å².